The van der Waals surface area contributed by atoms with Gasteiger partial charge in [-0.3, -0.25) is 9.59 Å². The monoisotopic (exact) mass is 466 g/mol. The van der Waals surface area contributed by atoms with Crippen molar-refractivity contribution in [2.75, 3.05) is 6.54 Å². The van der Waals surface area contributed by atoms with Crippen LogP contribution in [-0.4, -0.2) is 24.3 Å². The Kier molecular flexibility index (Phi) is 8.84. The standard InChI is InChI=1S/C26H27ClN2O4/c1-18-6-5-9-21(15-24(30)28-16-19-10-12-22(27)13-11-19)26(32)29-17-23(33-25(31)14-18)20-7-3-2-4-8-20/h2-8,10-14,21,23H,9,15-17H2,1H3,(H,28,30)(H,29,32)/b6-5+,18-14-/t21-,23+/m0/s1. The molecule has 2 aromatic rings. The number of carbonyl (C=O) groups excluding carboxylic acids is 3. The van der Waals surface area contributed by atoms with Crippen LogP contribution in [0.4, 0.5) is 0 Å². The van der Waals surface area contributed by atoms with E-state index in [1.165, 1.54) is 6.08 Å². The van der Waals surface area contributed by atoms with Crippen LogP contribution in [0.2, 0.25) is 5.02 Å². The van der Waals surface area contributed by atoms with E-state index in [1.54, 1.807) is 31.2 Å². The molecule has 0 aromatic heterocycles. The maximum Gasteiger partial charge on any atom is 0.331 e. The van der Waals surface area contributed by atoms with E-state index < -0.39 is 18.0 Å². The van der Waals surface area contributed by atoms with Gasteiger partial charge in [-0.1, -0.05) is 66.2 Å². The number of hydrogen-bond donors (Lipinski definition) is 2. The molecule has 3 rings (SSSR count). The molecule has 2 amide bonds. The van der Waals surface area contributed by atoms with Crippen LogP contribution < -0.4 is 10.6 Å². The fourth-order valence-electron chi connectivity index (χ4n) is 3.44. The predicted molar refractivity (Wildman–Crippen MR) is 127 cm³/mol. The summed E-state index contributed by atoms with van der Waals surface area (Å²) in [6.07, 6.45) is 4.76. The zero-order valence-electron chi connectivity index (χ0n) is 18.4. The number of halogens is 1. The maximum absolute atomic E-state index is 12.9. The molecule has 1 aliphatic rings. The lowest BCUT2D eigenvalue weighted by molar-refractivity contribution is -0.144. The third-order valence-corrected chi connectivity index (χ3v) is 5.50. The van der Waals surface area contributed by atoms with Crippen LogP contribution in [-0.2, 0) is 25.7 Å². The van der Waals surface area contributed by atoms with Gasteiger partial charge in [0.25, 0.3) is 0 Å². The molecule has 0 saturated carbocycles. The van der Waals surface area contributed by atoms with Crippen molar-refractivity contribution in [2.24, 2.45) is 5.92 Å². The highest BCUT2D eigenvalue weighted by atomic mass is 35.5. The first kappa shape index (κ1) is 24.3. The third kappa shape index (κ3) is 7.91. The van der Waals surface area contributed by atoms with Crippen molar-refractivity contribution < 1.29 is 19.1 Å². The lowest BCUT2D eigenvalue weighted by Crippen LogP contribution is -2.37. The molecule has 0 aliphatic carbocycles. The molecule has 1 heterocycles. The number of benzene rings is 2. The molecular weight excluding hydrogens is 440 g/mol. The maximum atomic E-state index is 12.9. The van der Waals surface area contributed by atoms with Crippen molar-refractivity contribution >= 4 is 29.4 Å². The summed E-state index contributed by atoms with van der Waals surface area (Å²) in [5.74, 6) is -1.51. The average molecular weight is 467 g/mol. The van der Waals surface area contributed by atoms with Gasteiger partial charge in [0.05, 0.1) is 12.5 Å². The van der Waals surface area contributed by atoms with E-state index in [0.29, 0.717) is 23.6 Å². The summed E-state index contributed by atoms with van der Waals surface area (Å²) >= 11 is 5.89. The smallest absolute Gasteiger partial charge is 0.331 e. The summed E-state index contributed by atoms with van der Waals surface area (Å²) in [7, 11) is 0. The molecule has 172 valence electrons. The Balaban J connectivity index is 1.69. The van der Waals surface area contributed by atoms with Crippen LogP contribution in [0.5, 0.6) is 0 Å². The molecule has 0 saturated heterocycles. The van der Waals surface area contributed by atoms with Crippen molar-refractivity contribution in [1.82, 2.24) is 10.6 Å². The molecule has 0 fully saturated rings. The Morgan fingerprint density at radius 1 is 1.12 bits per heavy atom. The zero-order chi connectivity index (χ0) is 23.6. The molecule has 2 N–H and O–H groups in total. The van der Waals surface area contributed by atoms with E-state index in [-0.39, 0.29) is 24.8 Å². The van der Waals surface area contributed by atoms with E-state index in [0.717, 1.165) is 11.1 Å². The normalized spacial score (nSPS) is 21.9. The van der Waals surface area contributed by atoms with Gasteiger partial charge in [0.2, 0.25) is 11.8 Å². The van der Waals surface area contributed by atoms with Gasteiger partial charge in [0.15, 0.2) is 0 Å². The molecule has 7 heteroatoms. The minimum atomic E-state index is -0.630. The number of rotatable bonds is 5. The Hall–Kier alpha value is -3.38. The quantitative estimate of drug-likeness (QED) is 0.644. The van der Waals surface area contributed by atoms with E-state index in [1.807, 2.05) is 42.5 Å². The topological polar surface area (TPSA) is 84.5 Å². The zero-order valence-corrected chi connectivity index (χ0v) is 19.2. The van der Waals surface area contributed by atoms with Crippen LogP contribution in [0, 0.1) is 5.92 Å². The van der Waals surface area contributed by atoms with Crippen LogP contribution in [0.25, 0.3) is 0 Å². The van der Waals surface area contributed by atoms with Gasteiger partial charge in [-0.25, -0.2) is 4.79 Å². The van der Waals surface area contributed by atoms with Crippen molar-refractivity contribution in [2.45, 2.75) is 32.4 Å². The lowest BCUT2D eigenvalue weighted by Gasteiger charge is -2.21. The number of allylic oxidation sites excluding steroid dienone is 3. The molecular formula is C26H27ClN2O4. The Morgan fingerprint density at radius 2 is 1.85 bits per heavy atom. The molecule has 0 spiro atoms. The molecule has 6 nitrogen and oxygen atoms in total. The molecule has 33 heavy (non-hydrogen) atoms. The first-order valence-electron chi connectivity index (χ1n) is 10.8. The first-order valence-corrected chi connectivity index (χ1v) is 11.2. The molecule has 2 aromatic carbocycles. The molecule has 2 atom stereocenters. The number of carbonyl (C=O) groups is 3. The third-order valence-electron chi connectivity index (χ3n) is 5.24. The Bertz CT molecular complexity index is 1030. The van der Waals surface area contributed by atoms with Crippen LogP contribution >= 0.6 is 11.6 Å². The number of ether oxygens (including phenoxy) is 1. The van der Waals surface area contributed by atoms with Gasteiger partial charge >= 0.3 is 5.97 Å². The molecule has 0 radical (unpaired) electrons. The fraction of sp³-hybridized carbons (Fsp3) is 0.269. The number of amides is 2. The molecule has 1 aliphatic heterocycles. The van der Waals surface area contributed by atoms with Crippen molar-refractivity contribution in [3.8, 4) is 0 Å². The van der Waals surface area contributed by atoms with Gasteiger partial charge in [-0.15, -0.1) is 0 Å². The van der Waals surface area contributed by atoms with Crippen LogP contribution in [0.15, 0.2) is 78.4 Å². The summed E-state index contributed by atoms with van der Waals surface area (Å²) in [5.41, 5.74) is 2.41. The molecule has 0 bridgehead atoms. The number of nitrogens with one attached hydrogen (secondary N) is 2. The number of hydrogen-bond acceptors (Lipinski definition) is 4. The second-order valence-electron chi connectivity index (χ2n) is 7.91. The van der Waals surface area contributed by atoms with Crippen molar-refractivity contribution in [1.29, 1.82) is 0 Å². The summed E-state index contributed by atoms with van der Waals surface area (Å²) < 4.78 is 5.59. The first-order chi connectivity index (χ1) is 15.9. The summed E-state index contributed by atoms with van der Waals surface area (Å²) in [5, 5.41) is 6.34. The van der Waals surface area contributed by atoms with Crippen LogP contribution in [0.1, 0.15) is 37.0 Å². The van der Waals surface area contributed by atoms with E-state index in [9.17, 15) is 14.4 Å². The second-order valence-corrected chi connectivity index (χ2v) is 8.35. The van der Waals surface area contributed by atoms with Gasteiger partial charge in [-0.2, -0.15) is 0 Å². The predicted octanol–water partition coefficient (Wildman–Crippen LogP) is 4.27. The van der Waals surface area contributed by atoms with Gasteiger partial charge in [-0.05, 0) is 42.2 Å². The molecule has 0 unspecified atom stereocenters. The van der Waals surface area contributed by atoms with E-state index >= 15 is 0 Å². The number of cyclic esters (lactones) is 1. The minimum Gasteiger partial charge on any atom is -0.452 e. The number of esters is 1. The summed E-state index contributed by atoms with van der Waals surface area (Å²) in [4.78, 5) is 37.8. The Morgan fingerprint density at radius 3 is 2.58 bits per heavy atom. The summed E-state index contributed by atoms with van der Waals surface area (Å²) in [6.45, 7) is 2.26. The average Bonchev–Trinajstić information content (AvgIpc) is 2.80. The minimum absolute atomic E-state index is 0.0440. The van der Waals surface area contributed by atoms with Gasteiger partial charge < -0.3 is 15.4 Å². The summed E-state index contributed by atoms with van der Waals surface area (Å²) in [6, 6.07) is 16.5. The largest absolute Gasteiger partial charge is 0.452 e. The SMILES string of the molecule is CC1=C/C(=O)O[C@@H](c2ccccc2)CNC(=O)[C@H](CC(=O)NCc2ccc(Cl)cc2)C\C=C\1. The lowest BCUT2D eigenvalue weighted by atomic mass is 9.98. The fourth-order valence-corrected chi connectivity index (χ4v) is 3.57. The van der Waals surface area contributed by atoms with Crippen molar-refractivity contribution in [3.05, 3.63) is 94.5 Å². The van der Waals surface area contributed by atoms with E-state index in [2.05, 4.69) is 10.6 Å². The highest BCUT2D eigenvalue weighted by molar-refractivity contribution is 6.30. The van der Waals surface area contributed by atoms with Gasteiger partial charge in [0.1, 0.15) is 6.10 Å². The van der Waals surface area contributed by atoms with Gasteiger partial charge in [0, 0.05) is 24.1 Å². The Labute approximate surface area is 198 Å². The van der Waals surface area contributed by atoms with Crippen molar-refractivity contribution in [3.63, 3.8) is 0 Å². The second kappa shape index (κ2) is 12.0. The highest BCUT2D eigenvalue weighted by Gasteiger charge is 2.24. The highest BCUT2D eigenvalue weighted by Crippen LogP contribution is 2.19. The van der Waals surface area contributed by atoms with Crippen LogP contribution in [0.3, 0.4) is 0 Å². The van der Waals surface area contributed by atoms with E-state index in [4.69, 9.17) is 16.3 Å².